The van der Waals surface area contributed by atoms with Crippen LogP contribution in [-0.4, -0.2) is 55.6 Å². The van der Waals surface area contributed by atoms with Crippen LogP contribution < -0.4 is 10.6 Å². The first-order valence-corrected chi connectivity index (χ1v) is 6.92. The summed E-state index contributed by atoms with van der Waals surface area (Å²) in [5, 5.41) is 4.58. The molecule has 1 aliphatic rings. The highest BCUT2D eigenvalue weighted by molar-refractivity contribution is 5.96. The van der Waals surface area contributed by atoms with Crippen molar-refractivity contribution in [3.8, 4) is 0 Å². The second-order valence-corrected chi connectivity index (χ2v) is 4.83. The SMILES string of the molecule is CCOC(=O)[C@H]1CCCN(C(C)C(=O)NC(=O)NC)C1. The van der Waals surface area contributed by atoms with Crippen LogP contribution in [0.2, 0.25) is 0 Å². The number of piperidine rings is 1. The summed E-state index contributed by atoms with van der Waals surface area (Å²) in [6, 6.07) is -0.981. The van der Waals surface area contributed by atoms with Crippen LogP contribution in [0.1, 0.15) is 26.7 Å². The minimum Gasteiger partial charge on any atom is -0.466 e. The molecule has 1 saturated heterocycles. The number of nitrogens with one attached hydrogen (secondary N) is 2. The van der Waals surface area contributed by atoms with Gasteiger partial charge in [0.1, 0.15) is 0 Å². The van der Waals surface area contributed by atoms with Crippen LogP contribution in [0, 0.1) is 5.92 Å². The zero-order chi connectivity index (χ0) is 15.1. The number of carbonyl (C=O) groups excluding carboxylic acids is 3. The van der Waals surface area contributed by atoms with Gasteiger partial charge in [-0.05, 0) is 33.2 Å². The molecule has 1 heterocycles. The number of likely N-dealkylation sites (tertiary alicyclic amines) is 1. The van der Waals surface area contributed by atoms with Crippen molar-refractivity contribution in [2.24, 2.45) is 5.92 Å². The molecule has 2 atom stereocenters. The van der Waals surface area contributed by atoms with Crippen molar-refractivity contribution in [2.45, 2.75) is 32.7 Å². The number of hydrogen-bond donors (Lipinski definition) is 2. The van der Waals surface area contributed by atoms with Crippen molar-refractivity contribution in [3.05, 3.63) is 0 Å². The number of ether oxygens (including phenoxy) is 1. The smallest absolute Gasteiger partial charge is 0.321 e. The Kier molecular flexibility index (Phi) is 6.44. The predicted molar refractivity (Wildman–Crippen MR) is 73.0 cm³/mol. The summed E-state index contributed by atoms with van der Waals surface area (Å²) >= 11 is 0. The first-order chi connectivity index (χ1) is 9.49. The van der Waals surface area contributed by atoms with E-state index in [1.54, 1.807) is 13.8 Å². The van der Waals surface area contributed by atoms with Crippen molar-refractivity contribution < 1.29 is 19.1 Å². The molecule has 1 unspecified atom stereocenters. The van der Waals surface area contributed by atoms with Gasteiger partial charge in [-0.2, -0.15) is 0 Å². The zero-order valence-corrected chi connectivity index (χ0v) is 12.3. The van der Waals surface area contributed by atoms with Crippen LogP contribution >= 0.6 is 0 Å². The van der Waals surface area contributed by atoms with Gasteiger partial charge in [0.05, 0.1) is 18.6 Å². The number of hydrogen-bond acceptors (Lipinski definition) is 5. The first kappa shape index (κ1) is 16.4. The summed E-state index contributed by atoms with van der Waals surface area (Å²) in [6.07, 6.45) is 1.61. The highest BCUT2D eigenvalue weighted by atomic mass is 16.5. The highest BCUT2D eigenvalue weighted by Crippen LogP contribution is 2.19. The maximum Gasteiger partial charge on any atom is 0.321 e. The molecule has 0 aromatic rings. The summed E-state index contributed by atoms with van der Waals surface area (Å²) < 4.78 is 5.02. The Balaban J connectivity index is 2.55. The third-order valence-electron chi connectivity index (χ3n) is 3.46. The third kappa shape index (κ3) is 4.48. The molecule has 0 aliphatic carbocycles. The Morgan fingerprint density at radius 2 is 2.10 bits per heavy atom. The molecular formula is C13H23N3O4. The molecule has 1 rings (SSSR count). The lowest BCUT2D eigenvalue weighted by Crippen LogP contribution is -2.52. The van der Waals surface area contributed by atoms with Crippen LogP contribution in [0.5, 0.6) is 0 Å². The molecule has 20 heavy (non-hydrogen) atoms. The number of carbonyl (C=O) groups is 3. The second-order valence-electron chi connectivity index (χ2n) is 4.83. The van der Waals surface area contributed by atoms with Gasteiger partial charge in [0, 0.05) is 13.6 Å². The van der Waals surface area contributed by atoms with Gasteiger partial charge in [0.2, 0.25) is 5.91 Å². The van der Waals surface area contributed by atoms with E-state index in [4.69, 9.17) is 4.74 Å². The quantitative estimate of drug-likeness (QED) is 0.716. The first-order valence-electron chi connectivity index (χ1n) is 6.92. The maximum absolute atomic E-state index is 11.9. The van der Waals surface area contributed by atoms with Crippen LogP contribution in [-0.2, 0) is 14.3 Å². The molecule has 0 aromatic heterocycles. The van der Waals surface area contributed by atoms with E-state index < -0.39 is 12.1 Å². The van der Waals surface area contributed by atoms with Crippen LogP contribution in [0.15, 0.2) is 0 Å². The molecule has 1 fully saturated rings. The number of imide groups is 1. The van der Waals surface area contributed by atoms with E-state index in [2.05, 4.69) is 10.6 Å². The van der Waals surface area contributed by atoms with Gasteiger partial charge >= 0.3 is 12.0 Å². The predicted octanol–water partition coefficient (Wildman–Crippen LogP) is 0.106. The van der Waals surface area contributed by atoms with Gasteiger partial charge in [0.25, 0.3) is 0 Å². The van der Waals surface area contributed by atoms with Crippen LogP contribution in [0.25, 0.3) is 0 Å². The second kappa shape index (κ2) is 7.84. The van der Waals surface area contributed by atoms with E-state index in [0.717, 1.165) is 19.4 Å². The monoisotopic (exact) mass is 285 g/mol. The zero-order valence-electron chi connectivity index (χ0n) is 12.3. The highest BCUT2D eigenvalue weighted by Gasteiger charge is 2.31. The molecule has 0 aromatic carbocycles. The van der Waals surface area contributed by atoms with Crippen LogP contribution in [0.3, 0.4) is 0 Å². The van der Waals surface area contributed by atoms with Gasteiger partial charge in [-0.3, -0.25) is 19.8 Å². The molecule has 0 saturated carbocycles. The minimum atomic E-state index is -0.527. The van der Waals surface area contributed by atoms with Crippen molar-refractivity contribution in [2.75, 3.05) is 26.7 Å². The number of nitrogens with zero attached hydrogens (tertiary/aromatic N) is 1. The summed E-state index contributed by atoms with van der Waals surface area (Å²) in [6.45, 7) is 5.09. The third-order valence-corrected chi connectivity index (χ3v) is 3.46. The lowest BCUT2D eigenvalue weighted by molar-refractivity contribution is -0.151. The lowest BCUT2D eigenvalue weighted by Gasteiger charge is -2.34. The molecule has 114 valence electrons. The van der Waals surface area contributed by atoms with Crippen molar-refractivity contribution in [1.29, 1.82) is 0 Å². The molecule has 0 spiro atoms. The molecule has 7 nitrogen and oxygen atoms in total. The summed E-state index contributed by atoms with van der Waals surface area (Å²) in [5.41, 5.74) is 0. The van der Waals surface area contributed by atoms with E-state index in [0.29, 0.717) is 13.2 Å². The fraction of sp³-hybridized carbons (Fsp3) is 0.769. The Bertz CT molecular complexity index is 373. The Hall–Kier alpha value is -1.63. The number of esters is 1. The molecule has 0 radical (unpaired) electrons. The van der Waals surface area contributed by atoms with E-state index >= 15 is 0 Å². The number of amides is 3. The lowest BCUT2D eigenvalue weighted by atomic mass is 9.97. The standard InChI is InChI=1S/C13H23N3O4/c1-4-20-12(18)10-6-5-7-16(8-10)9(2)11(17)15-13(19)14-3/h9-10H,4-8H2,1-3H3,(H2,14,15,17,19)/t9?,10-/m0/s1. The fourth-order valence-electron chi connectivity index (χ4n) is 2.26. The van der Waals surface area contributed by atoms with Gasteiger partial charge in [-0.25, -0.2) is 4.79 Å². The van der Waals surface area contributed by atoms with Crippen molar-refractivity contribution >= 4 is 17.9 Å². The molecular weight excluding hydrogens is 262 g/mol. The average molecular weight is 285 g/mol. The summed E-state index contributed by atoms with van der Waals surface area (Å²) in [4.78, 5) is 36.7. The van der Waals surface area contributed by atoms with E-state index in [9.17, 15) is 14.4 Å². The topological polar surface area (TPSA) is 87.7 Å². The summed E-state index contributed by atoms with van der Waals surface area (Å²) in [5.74, 6) is -0.774. The van der Waals surface area contributed by atoms with Crippen molar-refractivity contribution in [3.63, 3.8) is 0 Å². The van der Waals surface area contributed by atoms with E-state index in [1.807, 2.05) is 4.90 Å². The molecule has 2 N–H and O–H groups in total. The van der Waals surface area contributed by atoms with Gasteiger partial charge in [-0.1, -0.05) is 0 Å². The van der Waals surface area contributed by atoms with Crippen LogP contribution in [0.4, 0.5) is 4.79 Å². The largest absolute Gasteiger partial charge is 0.466 e. The number of urea groups is 1. The number of rotatable bonds is 4. The fourth-order valence-corrected chi connectivity index (χ4v) is 2.26. The Labute approximate surface area is 119 Å². The normalized spacial score (nSPS) is 20.9. The van der Waals surface area contributed by atoms with Gasteiger partial charge < -0.3 is 10.1 Å². The molecule has 7 heteroatoms. The Morgan fingerprint density at radius 3 is 2.70 bits per heavy atom. The van der Waals surface area contributed by atoms with Crippen molar-refractivity contribution in [1.82, 2.24) is 15.5 Å². The summed E-state index contributed by atoms with van der Waals surface area (Å²) in [7, 11) is 1.45. The van der Waals surface area contributed by atoms with E-state index in [-0.39, 0.29) is 17.8 Å². The Morgan fingerprint density at radius 1 is 1.40 bits per heavy atom. The maximum atomic E-state index is 11.9. The molecule has 1 aliphatic heterocycles. The average Bonchev–Trinajstić information content (AvgIpc) is 2.46. The van der Waals surface area contributed by atoms with Gasteiger partial charge in [0.15, 0.2) is 0 Å². The molecule has 3 amide bonds. The minimum absolute atomic E-state index is 0.195. The van der Waals surface area contributed by atoms with Gasteiger partial charge in [-0.15, -0.1) is 0 Å². The van der Waals surface area contributed by atoms with E-state index in [1.165, 1.54) is 7.05 Å². The molecule has 0 bridgehead atoms.